The van der Waals surface area contributed by atoms with Crippen LogP contribution in [-0.4, -0.2) is 29.0 Å². The maximum absolute atomic E-state index is 11.9. The molecule has 106 valence electrons. The van der Waals surface area contributed by atoms with Gasteiger partial charge in [-0.05, 0) is 23.7 Å². The van der Waals surface area contributed by atoms with Crippen LogP contribution in [0.5, 0.6) is 0 Å². The number of alkyl halides is 3. The summed E-state index contributed by atoms with van der Waals surface area (Å²) in [5.41, 5.74) is -3.29. The number of benzene rings is 1. The Kier molecular flexibility index (Phi) is 6.57. The van der Waals surface area contributed by atoms with Crippen LogP contribution in [0.1, 0.15) is 5.56 Å². The van der Waals surface area contributed by atoms with Crippen LogP contribution < -0.4 is 5.32 Å². The molecule has 1 N–H and O–H groups in total. The van der Waals surface area contributed by atoms with Crippen molar-refractivity contribution in [3.63, 3.8) is 0 Å². The smallest absolute Gasteiger partial charge is 0.354 e. The SMILES string of the molecule is O=C(NCCSC(F)(F)F)C(S)Cc1ccccc1. The summed E-state index contributed by atoms with van der Waals surface area (Å²) in [5, 5.41) is 1.88. The van der Waals surface area contributed by atoms with E-state index in [0.29, 0.717) is 6.42 Å². The summed E-state index contributed by atoms with van der Waals surface area (Å²) in [6.07, 6.45) is 0.447. The van der Waals surface area contributed by atoms with E-state index in [9.17, 15) is 18.0 Å². The lowest BCUT2D eigenvalue weighted by atomic mass is 10.1. The summed E-state index contributed by atoms with van der Waals surface area (Å²) >= 11 is 4.01. The Morgan fingerprint density at radius 1 is 1.32 bits per heavy atom. The van der Waals surface area contributed by atoms with Crippen molar-refractivity contribution in [1.82, 2.24) is 5.32 Å². The number of carbonyl (C=O) groups is 1. The fourth-order valence-electron chi connectivity index (χ4n) is 1.39. The molecule has 0 aromatic heterocycles. The second-order valence-corrected chi connectivity index (χ2v) is 5.57. The van der Waals surface area contributed by atoms with Crippen LogP contribution in [-0.2, 0) is 11.2 Å². The molecule has 0 spiro atoms. The van der Waals surface area contributed by atoms with E-state index in [1.807, 2.05) is 30.3 Å². The number of rotatable bonds is 6. The third-order valence-electron chi connectivity index (χ3n) is 2.24. The van der Waals surface area contributed by atoms with Crippen molar-refractivity contribution in [1.29, 1.82) is 0 Å². The number of nitrogens with one attached hydrogen (secondary N) is 1. The van der Waals surface area contributed by atoms with Gasteiger partial charge < -0.3 is 5.32 Å². The number of thiol groups is 1. The van der Waals surface area contributed by atoms with Gasteiger partial charge in [-0.1, -0.05) is 30.3 Å². The van der Waals surface area contributed by atoms with Gasteiger partial charge in [0.25, 0.3) is 0 Å². The Balaban J connectivity index is 2.26. The van der Waals surface area contributed by atoms with Crippen molar-refractivity contribution in [2.45, 2.75) is 17.2 Å². The fourth-order valence-corrected chi connectivity index (χ4v) is 2.13. The van der Waals surface area contributed by atoms with E-state index in [-0.39, 0.29) is 30.0 Å². The topological polar surface area (TPSA) is 29.1 Å². The number of hydrogen-bond acceptors (Lipinski definition) is 3. The normalized spacial score (nSPS) is 13.1. The van der Waals surface area contributed by atoms with Crippen molar-refractivity contribution in [3.8, 4) is 0 Å². The Morgan fingerprint density at radius 3 is 2.53 bits per heavy atom. The monoisotopic (exact) mass is 309 g/mol. The average Bonchev–Trinajstić information content (AvgIpc) is 2.34. The summed E-state index contributed by atoms with van der Waals surface area (Å²) < 4.78 is 35.6. The van der Waals surface area contributed by atoms with Crippen molar-refractivity contribution >= 4 is 30.3 Å². The minimum Gasteiger partial charge on any atom is -0.354 e. The summed E-state index contributed by atoms with van der Waals surface area (Å²) in [6.45, 7) is -0.0190. The second-order valence-electron chi connectivity index (χ2n) is 3.79. The standard InChI is InChI=1S/C12H14F3NOS2/c13-12(14,15)19-7-6-16-11(17)10(18)8-9-4-2-1-3-5-9/h1-5,10,18H,6-8H2,(H,16,17). The molecule has 1 atom stereocenters. The predicted molar refractivity (Wildman–Crippen MR) is 74.4 cm³/mol. The van der Waals surface area contributed by atoms with Crippen LogP contribution >= 0.6 is 24.4 Å². The average molecular weight is 309 g/mol. The summed E-state index contributed by atoms with van der Waals surface area (Å²) in [6, 6.07) is 9.32. The zero-order chi connectivity index (χ0) is 14.3. The maximum atomic E-state index is 11.9. The van der Waals surface area contributed by atoms with Crippen LogP contribution in [0.3, 0.4) is 0 Å². The number of hydrogen-bond donors (Lipinski definition) is 2. The minimum atomic E-state index is -4.25. The second kappa shape index (κ2) is 7.69. The van der Waals surface area contributed by atoms with E-state index in [1.54, 1.807) is 0 Å². The first-order chi connectivity index (χ1) is 8.88. The van der Waals surface area contributed by atoms with E-state index in [1.165, 1.54) is 0 Å². The minimum absolute atomic E-state index is 0.0190. The van der Waals surface area contributed by atoms with E-state index >= 15 is 0 Å². The highest BCUT2D eigenvalue weighted by Gasteiger charge is 2.27. The molecule has 1 aromatic rings. The molecule has 1 aromatic carbocycles. The Labute approximate surface area is 119 Å². The number of thioether (sulfide) groups is 1. The van der Waals surface area contributed by atoms with Crippen molar-refractivity contribution in [3.05, 3.63) is 35.9 Å². The molecule has 0 bridgehead atoms. The molecular formula is C12H14F3NOS2. The van der Waals surface area contributed by atoms with Crippen molar-refractivity contribution in [2.24, 2.45) is 0 Å². The Hall–Kier alpha value is -0.820. The number of halogens is 3. The summed E-state index contributed by atoms with van der Waals surface area (Å²) in [4.78, 5) is 11.6. The Morgan fingerprint density at radius 2 is 1.95 bits per heavy atom. The van der Waals surface area contributed by atoms with Gasteiger partial charge in [-0.2, -0.15) is 25.8 Å². The lowest BCUT2D eigenvalue weighted by molar-refractivity contribution is -0.120. The quantitative estimate of drug-likeness (QED) is 0.625. The van der Waals surface area contributed by atoms with Crippen molar-refractivity contribution in [2.75, 3.05) is 12.3 Å². The molecule has 0 aliphatic heterocycles. The summed E-state index contributed by atoms with van der Waals surface area (Å²) in [7, 11) is 0. The van der Waals surface area contributed by atoms with Gasteiger partial charge in [0.05, 0.1) is 5.25 Å². The number of amides is 1. The highest BCUT2D eigenvalue weighted by Crippen LogP contribution is 2.29. The predicted octanol–water partition coefficient (Wildman–Crippen LogP) is 2.90. The van der Waals surface area contributed by atoms with Crippen LogP contribution in [0.2, 0.25) is 0 Å². The molecule has 0 saturated heterocycles. The van der Waals surface area contributed by atoms with E-state index in [0.717, 1.165) is 5.56 Å². The van der Waals surface area contributed by atoms with E-state index in [4.69, 9.17) is 0 Å². The van der Waals surface area contributed by atoms with Crippen LogP contribution in [0.25, 0.3) is 0 Å². The zero-order valence-electron chi connectivity index (χ0n) is 9.98. The molecule has 7 heteroatoms. The molecule has 0 aliphatic rings. The molecular weight excluding hydrogens is 295 g/mol. The van der Waals surface area contributed by atoms with Gasteiger partial charge in [-0.25, -0.2) is 0 Å². The highest BCUT2D eigenvalue weighted by molar-refractivity contribution is 8.00. The lowest BCUT2D eigenvalue weighted by Crippen LogP contribution is -2.34. The molecule has 1 rings (SSSR count). The largest absolute Gasteiger partial charge is 0.441 e. The number of carbonyl (C=O) groups excluding carboxylic acids is 1. The molecule has 0 aliphatic carbocycles. The zero-order valence-corrected chi connectivity index (χ0v) is 11.7. The van der Waals surface area contributed by atoms with Crippen LogP contribution in [0.4, 0.5) is 13.2 Å². The summed E-state index contributed by atoms with van der Waals surface area (Å²) in [5.74, 6) is -0.545. The Bertz CT molecular complexity index is 398. The molecule has 0 heterocycles. The van der Waals surface area contributed by atoms with Gasteiger partial charge in [-0.3, -0.25) is 4.79 Å². The van der Waals surface area contributed by atoms with Gasteiger partial charge in [0, 0.05) is 12.3 Å². The van der Waals surface area contributed by atoms with Crippen LogP contribution in [0, 0.1) is 0 Å². The molecule has 2 nitrogen and oxygen atoms in total. The molecule has 0 saturated carbocycles. The third kappa shape index (κ3) is 7.37. The lowest BCUT2D eigenvalue weighted by Gasteiger charge is -2.12. The first-order valence-electron chi connectivity index (χ1n) is 5.59. The van der Waals surface area contributed by atoms with Crippen molar-refractivity contribution < 1.29 is 18.0 Å². The highest BCUT2D eigenvalue weighted by atomic mass is 32.2. The van der Waals surface area contributed by atoms with Gasteiger partial charge in [0.1, 0.15) is 0 Å². The first-order valence-corrected chi connectivity index (χ1v) is 7.09. The molecule has 0 radical (unpaired) electrons. The molecule has 19 heavy (non-hydrogen) atoms. The van der Waals surface area contributed by atoms with E-state index < -0.39 is 10.8 Å². The molecule has 1 amide bonds. The fraction of sp³-hybridized carbons (Fsp3) is 0.417. The van der Waals surface area contributed by atoms with Crippen LogP contribution in [0.15, 0.2) is 30.3 Å². The maximum Gasteiger partial charge on any atom is 0.441 e. The van der Waals surface area contributed by atoms with E-state index in [2.05, 4.69) is 17.9 Å². The first kappa shape index (κ1) is 16.2. The molecule has 1 unspecified atom stereocenters. The molecule has 0 fully saturated rings. The van der Waals surface area contributed by atoms with Gasteiger partial charge in [0.15, 0.2) is 0 Å². The van der Waals surface area contributed by atoms with Gasteiger partial charge in [0.2, 0.25) is 5.91 Å². The van der Waals surface area contributed by atoms with Gasteiger partial charge >= 0.3 is 5.51 Å². The van der Waals surface area contributed by atoms with Gasteiger partial charge in [-0.15, -0.1) is 0 Å². The third-order valence-corrected chi connectivity index (χ3v) is 3.39.